The summed E-state index contributed by atoms with van der Waals surface area (Å²) in [4.78, 5) is 21.4. The Morgan fingerprint density at radius 3 is 2.28 bits per heavy atom. The van der Waals surface area contributed by atoms with Crippen LogP contribution in [0.15, 0.2) is 4.99 Å². The number of piperidine rings is 1. The zero-order valence-electron chi connectivity index (χ0n) is 18.6. The number of carbonyl (C=O) groups excluding carboxylic acids is 1. The molecule has 1 heterocycles. The fraction of sp³-hybridized carbons (Fsp3) is 0.909. The minimum atomic E-state index is -0.262. The van der Waals surface area contributed by atoms with E-state index in [4.69, 9.17) is 4.74 Å². The summed E-state index contributed by atoms with van der Waals surface area (Å²) in [5.74, 6) is 1.99. The number of carbonyl (C=O) groups is 1. The number of amides is 1. The van der Waals surface area contributed by atoms with Gasteiger partial charge in [0.1, 0.15) is 0 Å². The molecule has 3 aliphatic rings. The average Bonchev–Trinajstić information content (AvgIpc) is 3.40. The largest absolute Gasteiger partial charge is 0.378 e. The van der Waals surface area contributed by atoms with Crippen molar-refractivity contribution in [2.24, 2.45) is 16.3 Å². The van der Waals surface area contributed by atoms with Gasteiger partial charge in [-0.1, -0.05) is 25.7 Å². The summed E-state index contributed by atoms with van der Waals surface area (Å²) in [6.45, 7) is 3.59. The second-order valence-electron chi connectivity index (χ2n) is 9.26. The van der Waals surface area contributed by atoms with Crippen molar-refractivity contribution >= 4 is 35.8 Å². The number of nitrogens with one attached hydrogen (secondary N) is 1. The van der Waals surface area contributed by atoms with Gasteiger partial charge in [-0.3, -0.25) is 9.79 Å². The Bertz CT molecular complexity index is 535. The molecule has 0 atom stereocenters. The highest BCUT2D eigenvalue weighted by atomic mass is 127. The standard InChI is InChI=1S/C22H40N4O2.HI/c1-23-21(24-17-22(12-6-7-13-22)20(27)25(2)3)26-14-10-19(11-15-26)28-16-18-8-4-5-9-18;/h18-19H,4-17H2,1-3H3,(H,23,24);1H. The van der Waals surface area contributed by atoms with E-state index in [9.17, 15) is 4.79 Å². The van der Waals surface area contributed by atoms with E-state index in [1.165, 1.54) is 25.7 Å². The van der Waals surface area contributed by atoms with E-state index in [1.54, 1.807) is 4.90 Å². The minimum absolute atomic E-state index is 0. The van der Waals surface area contributed by atoms with Crippen LogP contribution in [0.5, 0.6) is 0 Å². The van der Waals surface area contributed by atoms with E-state index in [-0.39, 0.29) is 35.3 Å². The monoisotopic (exact) mass is 520 g/mol. The van der Waals surface area contributed by atoms with Crippen LogP contribution < -0.4 is 5.32 Å². The smallest absolute Gasteiger partial charge is 0.230 e. The second kappa shape index (κ2) is 11.7. The van der Waals surface area contributed by atoms with Crippen LogP contribution in [-0.4, -0.2) is 75.2 Å². The van der Waals surface area contributed by atoms with E-state index >= 15 is 0 Å². The Kier molecular flexibility index (Phi) is 9.98. The number of hydrogen-bond acceptors (Lipinski definition) is 3. The Hall–Kier alpha value is -0.570. The maximum Gasteiger partial charge on any atom is 0.230 e. The third-order valence-electron chi connectivity index (χ3n) is 7.00. The molecule has 6 nitrogen and oxygen atoms in total. The number of guanidine groups is 1. The summed E-state index contributed by atoms with van der Waals surface area (Å²) in [7, 11) is 5.58. The van der Waals surface area contributed by atoms with Crippen molar-refractivity contribution in [3.8, 4) is 0 Å². The molecule has 1 saturated heterocycles. The molecule has 1 amide bonds. The van der Waals surface area contributed by atoms with Crippen molar-refractivity contribution in [3.05, 3.63) is 0 Å². The van der Waals surface area contributed by atoms with Gasteiger partial charge in [-0.2, -0.15) is 0 Å². The molecule has 2 saturated carbocycles. The normalized spacial score (nSPS) is 23.1. The third-order valence-corrected chi connectivity index (χ3v) is 7.00. The first-order valence-electron chi connectivity index (χ1n) is 11.3. The Balaban J connectivity index is 0.00000300. The number of rotatable bonds is 6. The first-order valence-corrected chi connectivity index (χ1v) is 11.3. The van der Waals surface area contributed by atoms with Crippen molar-refractivity contribution in [1.82, 2.24) is 15.1 Å². The van der Waals surface area contributed by atoms with Crippen LogP contribution in [0.4, 0.5) is 0 Å². The minimum Gasteiger partial charge on any atom is -0.378 e. The van der Waals surface area contributed by atoms with Crippen molar-refractivity contribution in [1.29, 1.82) is 0 Å². The van der Waals surface area contributed by atoms with Crippen molar-refractivity contribution in [3.63, 3.8) is 0 Å². The summed E-state index contributed by atoms with van der Waals surface area (Å²) in [6, 6.07) is 0. The molecule has 168 valence electrons. The third kappa shape index (κ3) is 6.45. The second-order valence-corrected chi connectivity index (χ2v) is 9.26. The van der Waals surface area contributed by atoms with E-state index in [0.29, 0.717) is 12.6 Å². The number of likely N-dealkylation sites (tertiary alicyclic amines) is 1. The fourth-order valence-corrected chi connectivity index (χ4v) is 5.26. The van der Waals surface area contributed by atoms with Gasteiger partial charge in [0, 0.05) is 47.4 Å². The van der Waals surface area contributed by atoms with Crippen LogP contribution in [0.2, 0.25) is 0 Å². The molecule has 2 aliphatic carbocycles. The maximum absolute atomic E-state index is 12.8. The van der Waals surface area contributed by atoms with Gasteiger partial charge in [0.25, 0.3) is 0 Å². The van der Waals surface area contributed by atoms with E-state index in [2.05, 4.69) is 15.2 Å². The SMILES string of the molecule is CN=C(NCC1(C(=O)N(C)C)CCCC1)N1CCC(OCC2CCCC2)CC1.I. The summed E-state index contributed by atoms with van der Waals surface area (Å²) < 4.78 is 6.21. The lowest BCUT2D eigenvalue weighted by atomic mass is 9.84. The Morgan fingerprint density at radius 2 is 1.72 bits per heavy atom. The molecular formula is C22H41IN4O2. The van der Waals surface area contributed by atoms with Gasteiger partial charge in [-0.15, -0.1) is 24.0 Å². The molecule has 3 fully saturated rings. The number of ether oxygens (including phenoxy) is 1. The molecule has 0 aromatic rings. The highest BCUT2D eigenvalue weighted by Gasteiger charge is 2.42. The van der Waals surface area contributed by atoms with Crippen LogP contribution in [0.1, 0.15) is 64.2 Å². The van der Waals surface area contributed by atoms with E-state index < -0.39 is 0 Å². The van der Waals surface area contributed by atoms with Crippen LogP contribution in [0, 0.1) is 11.3 Å². The summed E-state index contributed by atoms with van der Waals surface area (Å²) in [6.07, 6.45) is 12.2. The predicted molar refractivity (Wildman–Crippen MR) is 129 cm³/mol. The number of halogens is 1. The fourth-order valence-electron chi connectivity index (χ4n) is 5.26. The van der Waals surface area contributed by atoms with Crippen LogP contribution >= 0.6 is 24.0 Å². The Morgan fingerprint density at radius 1 is 1.10 bits per heavy atom. The van der Waals surface area contributed by atoms with Gasteiger partial charge in [0.2, 0.25) is 5.91 Å². The van der Waals surface area contributed by atoms with Gasteiger partial charge < -0.3 is 19.9 Å². The molecule has 0 aromatic carbocycles. The molecule has 0 spiro atoms. The summed E-state index contributed by atoms with van der Waals surface area (Å²) in [5, 5.41) is 3.54. The molecule has 0 aromatic heterocycles. The highest BCUT2D eigenvalue weighted by molar-refractivity contribution is 14.0. The molecule has 0 bridgehead atoms. The zero-order valence-corrected chi connectivity index (χ0v) is 21.0. The first-order chi connectivity index (χ1) is 13.5. The lowest BCUT2D eigenvalue weighted by Crippen LogP contribution is -2.52. The molecule has 1 aliphatic heterocycles. The lowest BCUT2D eigenvalue weighted by molar-refractivity contribution is -0.138. The molecule has 0 radical (unpaired) electrons. The zero-order chi connectivity index (χ0) is 20.0. The van der Waals surface area contributed by atoms with Gasteiger partial charge in [0.05, 0.1) is 11.5 Å². The molecule has 1 N–H and O–H groups in total. The van der Waals surface area contributed by atoms with E-state index in [1.807, 2.05) is 21.1 Å². The molecule has 3 rings (SSSR count). The van der Waals surface area contributed by atoms with Gasteiger partial charge >= 0.3 is 0 Å². The number of aliphatic imine (C=N–C) groups is 1. The van der Waals surface area contributed by atoms with Gasteiger partial charge in [-0.25, -0.2) is 0 Å². The summed E-state index contributed by atoms with van der Waals surface area (Å²) in [5.41, 5.74) is -0.262. The maximum atomic E-state index is 12.8. The number of hydrogen-bond donors (Lipinski definition) is 1. The van der Waals surface area contributed by atoms with Crippen LogP contribution in [0.3, 0.4) is 0 Å². The van der Waals surface area contributed by atoms with Crippen LogP contribution in [-0.2, 0) is 9.53 Å². The summed E-state index contributed by atoms with van der Waals surface area (Å²) >= 11 is 0. The molecule has 29 heavy (non-hydrogen) atoms. The molecular weight excluding hydrogens is 479 g/mol. The van der Waals surface area contributed by atoms with Crippen LogP contribution in [0.25, 0.3) is 0 Å². The van der Waals surface area contributed by atoms with Crippen molar-refractivity contribution in [2.75, 3.05) is 47.4 Å². The Labute approximate surface area is 194 Å². The van der Waals surface area contributed by atoms with Crippen molar-refractivity contribution in [2.45, 2.75) is 70.3 Å². The van der Waals surface area contributed by atoms with Gasteiger partial charge in [-0.05, 0) is 44.4 Å². The average molecular weight is 521 g/mol. The van der Waals surface area contributed by atoms with Crippen molar-refractivity contribution < 1.29 is 9.53 Å². The topological polar surface area (TPSA) is 57.2 Å². The highest BCUT2D eigenvalue weighted by Crippen LogP contribution is 2.39. The molecule has 7 heteroatoms. The quantitative estimate of drug-likeness (QED) is 0.331. The lowest BCUT2D eigenvalue weighted by Gasteiger charge is -2.36. The predicted octanol–water partition coefficient (Wildman–Crippen LogP) is 3.50. The molecule has 0 unspecified atom stereocenters. The number of nitrogens with zero attached hydrogens (tertiary/aromatic N) is 3. The van der Waals surface area contributed by atoms with E-state index in [0.717, 1.165) is 70.1 Å². The van der Waals surface area contributed by atoms with Gasteiger partial charge in [0.15, 0.2) is 5.96 Å². The first kappa shape index (κ1) is 24.7.